The fraction of sp³-hybridized carbons (Fsp3) is 0.308. The van der Waals surface area contributed by atoms with Gasteiger partial charge in [-0.05, 0) is 48.5 Å². The van der Waals surface area contributed by atoms with Crippen LogP contribution in [0.3, 0.4) is 0 Å². The van der Waals surface area contributed by atoms with E-state index in [2.05, 4.69) is 15.1 Å². The molecule has 184 valence electrons. The highest BCUT2D eigenvalue weighted by atomic mass is 19.1. The number of rotatable bonds is 8. The van der Waals surface area contributed by atoms with Crippen molar-refractivity contribution < 1.29 is 18.7 Å². The second kappa shape index (κ2) is 11.1. The van der Waals surface area contributed by atoms with Gasteiger partial charge in [-0.2, -0.15) is 0 Å². The Bertz CT molecular complexity index is 1200. The smallest absolute Gasteiger partial charge is 0.244 e. The van der Waals surface area contributed by atoms with Crippen molar-refractivity contribution in [3.63, 3.8) is 0 Å². The molecule has 0 spiro atoms. The van der Waals surface area contributed by atoms with E-state index in [0.717, 1.165) is 37.6 Å². The Morgan fingerprint density at radius 3 is 2.29 bits per heavy atom. The minimum atomic E-state index is -0.249. The maximum atomic E-state index is 13.2. The third-order valence-corrected chi connectivity index (χ3v) is 6.04. The molecule has 2 aromatic carbocycles. The molecule has 1 aliphatic rings. The zero-order chi connectivity index (χ0) is 24.8. The summed E-state index contributed by atoms with van der Waals surface area (Å²) < 4.78 is 25.3. The molecule has 35 heavy (non-hydrogen) atoms. The van der Waals surface area contributed by atoms with Crippen LogP contribution in [0.2, 0.25) is 0 Å². The van der Waals surface area contributed by atoms with Crippen LogP contribution in [-0.2, 0) is 17.9 Å². The average Bonchev–Trinajstić information content (AvgIpc) is 2.87. The summed E-state index contributed by atoms with van der Waals surface area (Å²) in [6.45, 7) is 3.67. The third-order valence-electron chi connectivity index (χ3n) is 6.04. The van der Waals surface area contributed by atoms with E-state index >= 15 is 0 Å². The van der Waals surface area contributed by atoms with E-state index in [1.165, 1.54) is 25.3 Å². The zero-order valence-electron chi connectivity index (χ0n) is 19.9. The minimum absolute atomic E-state index is 0.0353. The first kappa shape index (κ1) is 24.3. The van der Waals surface area contributed by atoms with Crippen LogP contribution in [0.1, 0.15) is 5.69 Å². The predicted octanol–water partition coefficient (Wildman–Crippen LogP) is 2.97. The summed E-state index contributed by atoms with van der Waals surface area (Å²) in [4.78, 5) is 29.7. The van der Waals surface area contributed by atoms with E-state index in [1.54, 1.807) is 54.3 Å². The molecule has 4 rings (SSSR count). The molecule has 9 heteroatoms. The number of benzene rings is 2. The number of anilines is 2. The van der Waals surface area contributed by atoms with Gasteiger partial charge in [0, 0.05) is 55.9 Å². The zero-order valence-corrected chi connectivity index (χ0v) is 19.9. The highest BCUT2D eigenvalue weighted by molar-refractivity contribution is 5.90. The van der Waals surface area contributed by atoms with Crippen LogP contribution in [0.25, 0.3) is 0 Å². The SMILES string of the molecule is COc1ccc(NC(=O)Cn2cc(OC)c(=O)cc2CN2CCN(c3ccc(F)cc3)CC2)cc1. The second-order valence-electron chi connectivity index (χ2n) is 8.34. The van der Waals surface area contributed by atoms with Gasteiger partial charge in [-0.15, -0.1) is 0 Å². The van der Waals surface area contributed by atoms with Crippen molar-refractivity contribution in [3.8, 4) is 11.5 Å². The van der Waals surface area contributed by atoms with E-state index in [1.807, 2.05) is 0 Å². The molecule has 2 heterocycles. The number of nitrogens with one attached hydrogen (secondary N) is 1. The van der Waals surface area contributed by atoms with Gasteiger partial charge in [0.25, 0.3) is 0 Å². The fourth-order valence-electron chi connectivity index (χ4n) is 4.11. The topological polar surface area (TPSA) is 76.0 Å². The molecule has 1 aromatic heterocycles. The van der Waals surface area contributed by atoms with Crippen LogP contribution in [0.4, 0.5) is 15.8 Å². The molecule has 0 saturated carbocycles. The van der Waals surface area contributed by atoms with Crippen LogP contribution in [0.5, 0.6) is 11.5 Å². The number of nitrogens with zero attached hydrogens (tertiary/aromatic N) is 3. The molecule has 0 bridgehead atoms. The molecule has 1 fully saturated rings. The number of ether oxygens (including phenoxy) is 2. The number of pyridine rings is 1. The van der Waals surface area contributed by atoms with Crippen LogP contribution >= 0.6 is 0 Å². The van der Waals surface area contributed by atoms with Gasteiger partial charge in [-0.3, -0.25) is 14.5 Å². The van der Waals surface area contributed by atoms with Gasteiger partial charge >= 0.3 is 0 Å². The molecule has 0 unspecified atom stereocenters. The van der Waals surface area contributed by atoms with Crippen molar-refractivity contribution in [1.29, 1.82) is 0 Å². The van der Waals surface area contributed by atoms with E-state index in [0.29, 0.717) is 18.0 Å². The fourth-order valence-corrected chi connectivity index (χ4v) is 4.11. The highest BCUT2D eigenvalue weighted by Crippen LogP contribution is 2.19. The number of hydrogen-bond acceptors (Lipinski definition) is 6. The molecule has 0 atom stereocenters. The lowest BCUT2D eigenvalue weighted by Crippen LogP contribution is -2.46. The van der Waals surface area contributed by atoms with Crippen molar-refractivity contribution in [2.75, 3.05) is 50.6 Å². The number of amides is 1. The van der Waals surface area contributed by atoms with E-state index in [-0.39, 0.29) is 29.4 Å². The maximum absolute atomic E-state index is 13.2. The third kappa shape index (κ3) is 6.19. The lowest BCUT2D eigenvalue weighted by atomic mass is 10.2. The quantitative estimate of drug-likeness (QED) is 0.534. The lowest BCUT2D eigenvalue weighted by Gasteiger charge is -2.36. The van der Waals surface area contributed by atoms with Gasteiger partial charge < -0.3 is 24.3 Å². The molecule has 1 aliphatic heterocycles. The monoisotopic (exact) mass is 480 g/mol. The summed E-state index contributed by atoms with van der Waals surface area (Å²) in [5.74, 6) is 0.422. The van der Waals surface area contributed by atoms with Gasteiger partial charge in [0.1, 0.15) is 18.1 Å². The van der Waals surface area contributed by atoms with E-state index < -0.39 is 0 Å². The molecule has 0 aliphatic carbocycles. The lowest BCUT2D eigenvalue weighted by molar-refractivity contribution is -0.116. The van der Waals surface area contributed by atoms with Crippen LogP contribution < -0.4 is 25.1 Å². The van der Waals surface area contributed by atoms with Crippen LogP contribution in [-0.4, -0.2) is 55.8 Å². The number of halogens is 1. The summed E-state index contributed by atoms with van der Waals surface area (Å²) in [5.41, 5.74) is 2.15. The van der Waals surface area contributed by atoms with Crippen LogP contribution in [0, 0.1) is 5.82 Å². The largest absolute Gasteiger partial charge is 0.497 e. The molecule has 3 aromatic rings. The number of hydrogen-bond donors (Lipinski definition) is 1. The first-order valence-electron chi connectivity index (χ1n) is 11.4. The number of carbonyl (C=O) groups is 1. The predicted molar refractivity (Wildman–Crippen MR) is 133 cm³/mol. The Morgan fingerprint density at radius 2 is 1.66 bits per heavy atom. The highest BCUT2D eigenvalue weighted by Gasteiger charge is 2.20. The normalized spacial score (nSPS) is 14.0. The Hall–Kier alpha value is -3.85. The summed E-state index contributed by atoms with van der Waals surface area (Å²) in [6, 6.07) is 15.1. The van der Waals surface area contributed by atoms with Crippen molar-refractivity contribution in [1.82, 2.24) is 9.47 Å². The van der Waals surface area contributed by atoms with Gasteiger partial charge in [-0.1, -0.05) is 0 Å². The Morgan fingerprint density at radius 1 is 0.971 bits per heavy atom. The summed E-state index contributed by atoms with van der Waals surface area (Å²) in [7, 11) is 3.02. The minimum Gasteiger partial charge on any atom is -0.497 e. The van der Waals surface area contributed by atoms with Crippen molar-refractivity contribution in [3.05, 3.63) is 82.5 Å². The molecule has 1 N–H and O–H groups in total. The van der Waals surface area contributed by atoms with E-state index in [4.69, 9.17) is 9.47 Å². The van der Waals surface area contributed by atoms with Crippen molar-refractivity contribution in [2.45, 2.75) is 13.1 Å². The molecular weight excluding hydrogens is 451 g/mol. The first-order valence-corrected chi connectivity index (χ1v) is 11.4. The summed E-state index contributed by atoms with van der Waals surface area (Å²) in [6.07, 6.45) is 1.58. The van der Waals surface area contributed by atoms with Gasteiger partial charge in [0.2, 0.25) is 11.3 Å². The summed E-state index contributed by atoms with van der Waals surface area (Å²) in [5, 5.41) is 2.87. The summed E-state index contributed by atoms with van der Waals surface area (Å²) >= 11 is 0. The van der Waals surface area contributed by atoms with Crippen molar-refractivity contribution >= 4 is 17.3 Å². The van der Waals surface area contributed by atoms with Gasteiger partial charge in [0.05, 0.1) is 20.4 Å². The standard InChI is InChI=1S/C26H29FN4O4/c1-34-23-9-5-20(6-10-23)28-26(33)18-31-17-25(35-2)24(32)15-22(31)16-29-11-13-30(14-12-29)21-7-3-19(27)4-8-21/h3-10,15,17H,11-14,16,18H2,1-2H3,(H,28,33). The van der Waals surface area contributed by atoms with Crippen molar-refractivity contribution in [2.24, 2.45) is 0 Å². The maximum Gasteiger partial charge on any atom is 0.244 e. The molecular formula is C26H29FN4O4. The van der Waals surface area contributed by atoms with Gasteiger partial charge in [0.15, 0.2) is 5.75 Å². The van der Waals surface area contributed by atoms with Gasteiger partial charge in [-0.25, -0.2) is 4.39 Å². The number of aromatic nitrogens is 1. The molecule has 8 nitrogen and oxygen atoms in total. The molecule has 0 radical (unpaired) electrons. The van der Waals surface area contributed by atoms with E-state index in [9.17, 15) is 14.0 Å². The Balaban J connectivity index is 1.43. The number of methoxy groups -OCH3 is 2. The number of piperazine rings is 1. The Labute approximate surface area is 203 Å². The first-order chi connectivity index (χ1) is 16.9. The second-order valence-corrected chi connectivity index (χ2v) is 8.34. The number of carbonyl (C=O) groups excluding carboxylic acids is 1. The molecule has 1 saturated heterocycles. The van der Waals surface area contributed by atoms with Crippen LogP contribution in [0.15, 0.2) is 65.6 Å². The molecule has 1 amide bonds. The average molecular weight is 481 g/mol. The Kier molecular flexibility index (Phi) is 7.67.